The zero-order chi connectivity index (χ0) is 15.5. The van der Waals surface area contributed by atoms with Gasteiger partial charge in [0, 0.05) is 31.2 Å². The minimum absolute atomic E-state index is 0.0648. The molecule has 0 saturated carbocycles. The maximum Gasteiger partial charge on any atom is 0.391 e. The maximum absolute atomic E-state index is 12.7. The third-order valence-corrected chi connectivity index (χ3v) is 4.68. The number of nitrogens with one attached hydrogen (secondary N) is 1. The van der Waals surface area contributed by atoms with Crippen LogP contribution in [0.15, 0.2) is 0 Å². The van der Waals surface area contributed by atoms with Crippen LogP contribution in [-0.4, -0.2) is 56.5 Å². The molecule has 2 heterocycles. The first-order valence-electron chi connectivity index (χ1n) is 7.91. The summed E-state index contributed by atoms with van der Waals surface area (Å²) in [4.78, 5) is 2.19. The van der Waals surface area contributed by atoms with E-state index in [-0.39, 0.29) is 18.3 Å². The van der Waals surface area contributed by atoms with Crippen LogP contribution in [0.4, 0.5) is 13.2 Å². The first-order chi connectivity index (χ1) is 9.81. The molecular formula is C15H27F3N2O. The highest BCUT2D eigenvalue weighted by Gasteiger charge is 2.43. The Balaban J connectivity index is 1.85. The Bertz CT molecular complexity index is 319. The summed E-state index contributed by atoms with van der Waals surface area (Å²) in [5.74, 6) is -1.11. The van der Waals surface area contributed by atoms with Crippen molar-refractivity contribution in [1.29, 1.82) is 0 Å². The predicted octanol–water partition coefficient (Wildman–Crippen LogP) is 2.67. The second kappa shape index (κ2) is 6.84. The van der Waals surface area contributed by atoms with Crippen LogP contribution >= 0.6 is 0 Å². The van der Waals surface area contributed by atoms with Crippen molar-refractivity contribution in [2.45, 2.75) is 45.3 Å². The average molecular weight is 308 g/mol. The number of hydrogen-bond acceptors (Lipinski definition) is 3. The lowest BCUT2D eigenvalue weighted by Gasteiger charge is -2.39. The summed E-state index contributed by atoms with van der Waals surface area (Å²) in [5.41, 5.74) is 0.0648. The number of alkyl halides is 3. The van der Waals surface area contributed by atoms with Gasteiger partial charge in [0.05, 0.1) is 12.5 Å². The fraction of sp³-hybridized carbons (Fsp3) is 1.00. The number of hydrogen-bond donors (Lipinski definition) is 1. The van der Waals surface area contributed by atoms with Crippen molar-refractivity contribution in [3.05, 3.63) is 0 Å². The molecule has 0 amide bonds. The Morgan fingerprint density at radius 3 is 2.43 bits per heavy atom. The molecule has 1 N–H and O–H groups in total. The molecule has 0 spiro atoms. The normalized spacial score (nSPS) is 29.4. The van der Waals surface area contributed by atoms with Gasteiger partial charge in [0.1, 0.15) is 0 Å². The van der Waals surface area contributed by atoms with Crippen molar-refractivity contribution >= 4 is 0 Å². The van der Waals surface area contributed by atoms with Gasteiger partial charge in [-0.3, -0.25) is 0 Å². The smallest absolute Gasteiger partial charge is 0.381 e. The van der Waals surface area contributed by atoms with E-state index in [0.717, 1.165) is 26.1 Å². The van der Waals surface area contributed by atoms with Crippen LogP contribution in [0.25, 0.3) is 0 Å². The highest BCUT2D eigenvalue weighted by molar-refractivity contribution is 4.90. The molecule has 124 valence electrons. The lowest BCUT2D eigenvalue weighted by Crippen LogP contribution is -2.49. The van der Waals surface area contributed by atoms with E-state index in [2.05, 4.69) is 24.1 Å². The summed E-state index contributed by atoms with van der Waals surface area (Å²) in [6, 6.07) is 0.415. The molecule has 0 aromatic carbocycles. The number of nitrogens with zero attached hydrogens (tertiary/aromatic N) is 1. The van der Waals surface area contributed by atoms with Crippen molar-refractivity contribution in [1.82, 2.24) is 10.2 Å². The molecule has 0 aromatic heterocycles. The topological polar surface area (TPSA) is 24.5 Å². The van der Waals surface area contributed by atoms with E-state index in [9.17, 15) is 13.2 Å². The second-order valence-electron chi connectivity index (χ2n) is 6.93. The molecule has 2 fully saturated rings. The third-order valence-electron chi connectivity index (χ3n) is 4.68. The molecule has 1 atom stereocenters. The number of rotatable bonds is 5. The molecule has 0 radical (unpaired) electrons. The van der Waals surface area contributed by atoms with E-state index in [1.54, 1.807) is 0 Å². The Morgan fingerprint density at radius 1 is 1.29 bits per heavy atom. The zero-order valence-corrected chi connectivity index (χ0v) is 13.0. The molecule has 1 unspecified atom stereocenters. The lowest BCUT2D eigenvalue weighted by atomic mass is 9.85. The van der Waals surface area contributed by atoms with Crippen molar-refractivity contribution in [2.75, 3.05) is 39.4 Å². The van der Waals surface area contributed by atoms with E-state index < -0.39 is 12.1 Å². The molecule has 0 aliphatic carbocycles. The summed E-state index contributed by atoms with van der Waals surface area (Å²) < 4.78 is 43.7. The predicted molar refractivity (Wildman–Crippen MR) is 76.2 cm³/mol. The fourth-order valence-electron chi connectivity index (χ4n) is 3.28. The van der Waals surface area contributed by atoms with Crippen LogP contribution in [0.2, 0.25) is 0 Å². The standard InChI is InChI=1S/C15H27F3N2O/c1-12(2)19-9-14(5-8-21-11-14)10-20-6-3-13(4-7-20)15(16,17)18/h12-13,19H,3-11H2,1-2H3. The van der Waals surface area contributed by atoms with Crippen LogP contribution in [-0.2, 0) is 4.74 Å². The summed E-state index contributed by atoms with van der Waals surface area (Å²) in [6.07, 6.45) is -2.57. The van der Waals surface area contributed by atoms with E-state index in [1.807, 2.05) is 0 Å². The van der Waals surface area contributed by atoms with Crippen molar-refractivity contribution in [2.24, 2.45) is 11.3 Å². The number of likely N-dealkylation sites (tertiary alicyclic amines) is 1. The van der Waals surface area contributed by atoms with Gasteiger partial charge in [0.2, 0.25) is 0 Å². The Kier molecular flexibility index (Phi) is 5.54. The van der Waals surface area contributed by atoms with Gasteiger partial charge >= 0.3 is 6.18 Å². The molecule has 0 aromatic rings. The molecule has 2 rings (SSSR count). The van der Waals surface area contributed by atoms with Gasteiger partial charge in [0.25, 0.3) is 0 Å². The van der Waals surface area contributed by atoms with E-state index >= 15 is 0 Å². The molecule has 2 aliphatic heterocycles. The summed E-state index contributed by atoms with van der Waals surface area (Å²) in [7, 11) is 0. The number of piperidine rings is 1. The molecule has 21 heavy (non-hydrogen) atoms. The van der Waals surface area contributed by atoms with Crippen LogP contribution in [0.1, 0.15) is 33.1 Å². The minimum Gasteiger partial charge on any atom is -0.381 e. The van der Waals surface area contributed by atoms with Gasteiger partial charge in [-0.2, -0.15) is 13.2 Å². The third kappa shape index (κ3) is 4.83. The highest BCUT2D eigenvalue weighted by atomic mass is 19.4. The first-order valence-corrected chi connectivity index (χ1v) is 7.91. The van der Waals surface area contributed by atoms with Gasteiger partial charge < -0.3 is 15.0 Å². The quantitative estimate of drug-likeness (QED) is 0.845. The van der Waals surface area contributed by atoms with Gasteiger partial charge in [0.15, 0.2) is 0 Å². The molecule has 6 heteroatoms. The van der Waals surface area contributed by atoms with Crippen LogP contribution < -0.4 is 5.32 Å². The number of ether oxygens (including phenoxy) is 1. The van der Waals surface area contributed by atoms with E-state index in [4.69, 9.17) is 4.74 Å². The highest BCUT2D eigenvalue weighted by Crippen LogP contribution is 2.36. The molecule has 2 saturated heterocycles. The van der Waals surface area contributed by atoms with Gasteiger partial charge in [-0.25, -0.2) is 0 Å². The summed E-state index contributed by atoms with van der Waals surface area (Å²) >= 11 is 0. The van der Waals surface area contributed by atoms with Crippen LogP contribution in [0.3, 0.4) is 0 Å². The summed E-state index contributed by atoms with van der Waals surface area (Å²) in [5, 5.41) is 3.46. The zero-order valence-electron chi connectivity index (χ0n) is 13.0. The Morgan fingerprint density at radius 2 is 1.95 bits per heavy atom. The van der Waals surface area contributed by atoms with Crippen LogP contribution in [0, 0.1) is 11.3 Å². The van der Waals surface area contributed by atoms with Crippen LogP contribution in [0.5, 0.6) is 0 Å². The Labute approximate surface area is 125 Å². The first kappa shape index (κ1) is 17.0. The molecular weight excluding hydrogens is 281 g/mol. The molecule has 2 aliphatic rings. The number of halogens is 3. The van der Waals surface area contributed by atoms with E-state index in [1.165, 1.54) is 0 Å². The lowest BCUT2D eigenvalue weighted by molar-refractivity contribution is -0.185. The van der Waals surface area contributed by atoms with Gasteiger partial charge in [-0.05, 0) is 32.4 Å². The second-order valence-corrected chi connectivity index (χ2v) is 6.93. The minimum atomic E-state index is -4.03. The van der Waals surface area contributed by atoms with E-state index in [0.29, 0.717) is 25.7 Å². The van der Waals surface area contributed by atoms with Gasteiger partial charge in [-0.1, -0.05) is 13.8 Å². The Hall–Kier alpha value is -0.330. The van der Waals surface area contributed by atoms with Crippen molar-refractivity contribution < 1.29 is 17.9 Å². The van der Waals surface area contributed by atoms with Crippen molar-refractivity contribution in [3.8, 4) is 0 Å². The largest absolute Gasteiger partial charge is 0.391 e. The van der Waals surface area contributed by atoms with Crippen molar-refractivity contribution in [3.63, 3.8) is 0 Å². The fourth-order valence-corrected chi connectivity index (χ4v) is 3.28. The molecule has 3 nitrogen and oxygen atoms in total. The van der Waals surface area contributed by atoms with Gasteiger partial charge in [-0.15, -0.1) is 0 Å². The SMILES string of the molecule is CC(C)NCC1(CN2CCC(C(F)(F)F)CC2)CCOC1. The summed E-state index contributed by atoms with van der Waals surface area (Å²) in [6.45, 7) is 8.52. The molecule has 0 bridgehead atoms. The average Bonchev–Trinajstić information content (AvgIpc) is 2.85. The monoisotopic (exact) mass is 308 g/mol. The maximum atomic E-state index is 12.7.